The van der Waals surface area contributed by atoms with Gasteiger partial charge in [0.05, 0.1) is 5.69 Å². The van der Waals surface area contributed by atoms with E-state index in [1.54, 1.807) is 0 Å². The molecule has 0 aliphatic rings. The Hall–Kier alpha value is -2.86. The minimum absolute atomic E-state index is 0.00910. The van der Waals surface area contributed by atoms with Crippen LogP contribution in [-0.2, 0) is 0 Å². The Balaban J connectivity index is 2.11. The molecule has 0 aliphatic carbocycles. The molecule has 0 spiro atoms. The zero-order chi connectivity index (χ0) is 21.3. The zero-order valence-electron chi connectivity index (χ0n) is 15.7. The van der Waals surface area contributed by atoms with Gasteiger partial charge in [-0.3, -0.25) is 5.21 Å². The van der Waals surface area contributed by atoms with Crippen LogP contribution < -0.4 is 20.6 Å². The molecular weight excluding hydrogens is 393 g/mol. The van der Waals surface area contributed by atoms with Crippen LogP contribution in [0.5, 0.6) is 6.01 Å². The molecule has 2 aromatic rings. The number of alkyl halides is 3. The molecule has 0 amide bonds. The fraction of sp³-hybridized carbons (Fsp3) is 0.471. The molecule has 9 nitrogen and oxygen atoms in total. The summed E-state index contributed by atoms with van der Waals surface area (Å²) >= 11 is 0. The van der Waals surface area contributed by atoms with Gasteiger partial charge in [0, 0.05) is 12.2 Å². The van der Waals surface area contributed by atoms with Crippen LogP contribution in [0.25, 0.3) is 0 Å². The summed E-state index contributed by atoms with van der Waals surface area (Å²) < 4.78 is 41.9. The lowest BCUT2D eigenvalue weighted by molar-refractivity contribution is -0.154. The molecule has 12 heteroatoms. The highest BCUT2D eigenvalue weighted by molar-refractivity contribution is 5.59. The monoisotopic (exact) mass is 415 g/mol. The van der Waals surface area contributed by atoms with E-state index in [0.717, 1.165) is 25.7 Å². The Labute approximate surface area is 165 Å². The van der Waals surface area contributed by atoms with Crippen LogP contribution in [0.3, 0.4) is 0 Å². The summed E-state index contributed by atoms with van der Waals surface area (Å²) in [6, 6.07) is 5.13. The summed E-state index contributed by atoms with van der Waals surface area (Å²) in [5.74, 6) is 0.0397. The van der Waals surface area contributed by atoms with Crippen molar-refractivity contribution in [2.75, 3.05) is 29.0 Å². The van der Waals surface area contributed by atoms with Crippen LogP contribution >= 0.6 is 0 Å². The van der Waals surface area contributed by atoms with E-state index >= 15 is 0 Å². The molecule has 0 radical (unpaired) electrons. The Morgan fingerprint density at radius 3 is 2.38 bits per heavy atom. The largest absolute Gasteiger partial charge is 0.733 e. The fourth-order valence-corrected chi connectivity index (χ4v) is 2.26. The first-order valence-corrected chi connectivity index (χ1v) is 8.99. The molecule has 1 heterocycles. The number of hydrogen-bond acceptors (Lipinski definition) is 9. The summed E-state index contributed by atoms with van der Waals surface area (Å²) in [6.45, 7) is 1.10. The van der Waals surface area contributed by atoms with Crippen molar-refractivity contribution in [1.29, 1.82) is 0 Å². The number of unbranched alkanes of at least 4 members (excludes halogenated alkanes) is 3. The molecule has 29 heavy (non-hydrogen) atoms. The molecule has 0 fully saturated rings. The highest BCUT2D eigenvalue weighted by Gasteiger charge is 2.29. The molecule has 1 aromatic carbocycles. The van der Waals surface area contributed by atoms with Gasteiger partial charge in [0.1, 0.15) is 0 Å². The van der Waals surface area contributed by atoms with Crippen molar-refractivity contribution in [2.45, 2.75) is 38.8 Å². The van der Waals surface area contributed by atoms with Gasteiger partial charge in [-0.25, -0.2) is 0 Å². The molecule has 0 saturated heterocycles. The Bertz CT molecular complexity index is 759. The molecule has 3 N–H and O–H groups in total. The topological polar surface area (TPSA) is 118 Å². The second-order valence-corrected chi connectivity index (χ2v) is 6.10. The molecule has 0 bridgehead atoms. The number of benzene rings is 1. The maximum absolute atomic E-state index is 12.4. The van der Waals surface area contributed by atoms with Crippen molar-refractivity contribution in [3.63, 3.8) is 0 Å². The highest BCUT2D eigenvalue weighted by Crippen LogP contribution is 2.21. The number of hydrogen-bond donors (Lipinski definition) is 3. The average molecular weight is 415 g/mol. The average Bonchev–Trinajstić information content (AvgIpc) is 2.66. The predicted molar refractivity (Wildman–Crippen MR) is 101 cm³/mol. The van der Waals surface area contributed by atoms with Crippen molar-refractivity contribution in [1.82, 2.24) is 15.0 Å². The van der Waals surface area contributed by atoms with Crippen molar-refractivity contribution < 1.29 is 23.1 Å². The van der Waals surface area contributed by atoms with E-state index in [1.165, 1.54) is 24.3 Å². The number of halogens is 3. The number of anilines is 4. The smallest absolute Gasteiger partial charge is 0.422 e. The number of nitrogens with one attached hydrogen (secondary N) is 2. The van der Waals surface area contributed by atoms with Gasteiger partial charge in [0.15, 0.2) is 6.61 Å². The molecule has 160 valence electrons. The van der Waals surface area contributed by atoms with Crippen LogP contribution in [0.4, 0.5) is 36.4 Å². The second kappa shape index (κ2) is 10.6. The lowest BCUT2D eigenvalue weighted by Gasteiger charge is -2.21. The second-order valence-electron chi connectivity index (χ2n) is 6.10. The van der Waals surface area contributed by atoms with Crippen molar-refractivity contribution in [3.8, 4) is 6.01 Å². The van der Waals surface area contributed by atoms with Crippen molar-refractivity contribution >= 4 is 23.3 Å². The van der Waals surface area contributed by atoms with E-state index in [1.807, 2.05) is 0 Å². The molecule has 0 atom stereocenters. The molecule has 2 rings (SSSR count). The molecular formula is C17H22F3N6O3-. The molecule has 0 saturated carbocycles. The van der Waals surface area contributed by atoms with Crippen molar-refractivity contribution in [3.05, 3.63) is 29.5 Å². The molecule has 1 aromatic heterocycles. The summed E-state index contributed by atoms with van der Waals surface area (Å²) in [4.78, 5) is 11.8. The summed E-state index contributed by atoms with van der Waals surface area (Å²) in [7, 11) is 0. The van der Waals surface area contributed by atoms with E-state index in [4.69, 9.17) is 5.21 Å². The maximum atomic E-state index is 12.4. The third-order valence-electron chi connectivity index (χ3n) is 3.64. The summed E-state index contributed by atoms with van der Waals surface area (Å²) in [6.07, 6.45) is -0.511. The number of nitrogens with zero attached hydrogens (tertiary/aromatic N) is 4. The normalized spacial score (nSPS) is 11.2. The van der Waals surface area contributed by atoms with Crippen LogP contribution in [0.15, 0.2) is 24.3 Å². The number of ether oxygens (including phenoxy) is 1. The first-order chi connectivity index (χ1) is 13.8. The van der Waals surface area contributed by atoms with Gasteiger partial charge in [-0.2, -0.15) is 28.1 Å². The predicted octanol–water partition coefficient (Wildman–Crippen LogP) is 4.24. The number of aromatic nitrogens is 3. The maximum Gasteiger partial charge on any atom is 0.422 e. The number of rotatable bonds is 11. The van der Waals surface area contributed by atoms with Crippen LogP contribution in [-0.4, -0.2) is 39.5 Å². The minimum atomic E-state index is -4.53. The third-order valence-corrected chi connectivity index (χ3v) is 3.64. The van der Waals surface area contributed by atoms with Crippen LogP contribution in [0.2, 0.25) is 0 Å². The fourth-order valence-electron chi connectivity index (χ4n) is 2.26. The Morgan fingerprint density at radius 2 is 1.76 bits per heavy atom. The van der Waals surface area contributed by atoms with Gasteiger partial charge in [-0.1, -0.05) is 26.2 Å². The van der Waals surface area contributed by atoms with Gasteiger partial charge in [-0.15, -0.1) is 0 Å². The van der Waals surface area contributed by atoms with E-state index in [-0.39, 0.29) is 22.8 Å². The van der Waals surface area contributed by atoms with Gasteiger partial charge in [-0.05, 0) is 30.7 Å². The van der Waals surface area contributed by atoms with Gasteiger partial charge < -0.3 is 25.8 Å². The minimum Gasteiger partial charge on any atom is -0.733 e. The van der Waals surface area contributed by atoms with Gasteiger partial charge >= 0.3 is 12.2 Å². The van der Waals surface area contributed by atoms with E-state index < -0.39 is 18.8 Å². The van der Waals surface area contributed by atoms with Gasteiger partial charge in [0.2, 0.25) is 11.9 Å². The summed E-state index contributed by atoms with van der Waals surface area (Å²) in [5.41, 5.74) is 0.451. The highest BCUT2D eigenvalue weighted by atomic mass is 19.4. The Morgan fingerprint density at radius 1 is 1.07 bits per heavy atom. The first-order valence-electron chi connectivity index (χ1n) is 8.99. The Kier molecular flexibility index (Phi) is 8.21. The quantitative estimate of drug-likeness (QED) is 0.366. The summed E-state index contributed by atoms with van der Waals surface area (Å²) in [5, 5.41) is 25.1. The van der Waals surface area contributed by atoms with E-state index in [0.29, 0.717) is 12.2 Å². The van der Waals surface area contributed by atoms with E-state index in [2.05, 4.69) is 37.2 Å². The van der Waals surface area contributed by atoms with Crippen LogP contribution in [0.1, 0.15) is 32.6 Å². The SMILES string of the molecule is CCCCCCNc1nc(Nc2ccc(N([O-])O)cc2)nc(OCC(F)(F)F)n1. The lowest BCUT2D eigenvalue weighted by atomic mass is 10.2. The van der Waals surface area contributed by atoms with Crippen molar-refractivity contribution in [2.24, 2.45) is 0 Å². The zero-order valence-corrected chi connectivity index (χ0v) is 15.7. The standard InChI is InChI=1S/C17H22F3N6O3/c1-2-3-4-5-10-21-14-23-15(25-16(24-14)29-11-17(18,19)20)22-12-6-8-13(9-7-12)26(27)28/h6-9,27H,2-5,10-11H2,1H3,(H2,21,22,23,24,25)/q-1. The third kappa shape index (κ3) is 8.35. The lowest BCUT2D eigenvalue weighted by Crippen LogP contribution is -2.21. The van der Waals surface area contributed by atoms with Gasteiger partial charge in [0.25, 0.3) is 0 Å². The van der Waals surface area contributed by atoms with E-state index in [9.17, 15) is 18.4 Å². The van der Waals surface area contributed by atoms with Crippen LogP contribution in [0, 0.1) is 5.21 Å². The first kappa shape index (κ1) is 22.4. The molecule has 0 unspecified atom stereocenters. The molecule has 0 aliphatic heterocycles.